The molecule has 6 heteroatoms. The summed E-state index contributed by atoms with van der Waals surface area (Å²) in [6.07, 6.45) is 0. The Bertz CT molecular complexity index is 422. The fraction of sp³-hybridized carbons (Fsp3) is 0.385. The van der Waals surface area contributed by atoms with Crippen LogP contribution in [-0.4, -0.2) is 31.7 Å². The molecule has 1 aromatic rings. The Morgan fingerprint density at radius 2 is 2.00 bits per heavy atom. The lowest BCUT2D eigenvalue weighted by molar-refractivity contribution is -0.714. The molecule has 0 aromatic heterocycles. The van der Waals surface area contributed by atoms with Gasteiger partial charge in [0.25, 0.3) is 5.91 Å². The molecule has 1 rings (SSSR count). The van der Waals surface area contributed by atoms with Gasteiger partial charge in [0.05, 0.1) is 6.61 Å². The van der Waals surface area contributed by atoms with Crippen molar-refractivity contribution in [2.24, 2.45) is 5.73 Å². The van der Waals surface area contributed by atoms with Gasteiger partial charge < -0.3 is 15.8 Å². The number of nitrogens with one attached hydrogen (secondary N) is 1. The topological polar surface area (TPSA) is 98.0 Å². The molecule has 5 N–H and O–H groups in total. The van der Waals surface area contributed by atoms with Crippen LogP contribution in [0, 0.1) is 0 Å². The number of carbonyl (C=O) groups is 2. The third-order valence-corrected chi connectivity index (χ3v) is 2.64. The maximum absolute atomic E-state index is 12.0. The summed E-state index contributed by atoms with van der Waals surface area (Å²) >= 11 is 0. The van der Waals surface area contributed by atoms with E-state index in [1.165, 1.54) is 0 Å². The second-order valence-corrected chi connectivity index (χ2v) is 4.37. The standard InChI is InChI=1S/C13H19N3O3/c1-9(8-19-2)15-11(12(17)16-13(14)18)10-6-4-3-5-7-10/h3-7,9,11,15H,8H2,1-2H3,(H3,14,16,17,18)/p+1/t9-,11-/m0/s1. The largest absolute Gasteiger partial charge is 0.379 e. The fourth-order valence-corrected chi connectivity index (χ4v) is 1.86. The summed E-state index contributed by atoms with van der Waals surface area (Å²) < 4.78 is 5.05. The van der Waals surface area contributed by atoms with E-state index < -0.39 is 18.0 Å². The molecule has 0 heterocycles. The van der Waals surface area contributed by atoms with E-state index in [1.807, 2.05) is 42.6 Å². The minimum atomic E-state index is -0.848. The lowest BCUT2D eigenvalue weighted by atomic mass is 10.1. The van der Waals surface area contributed by atoms with Crippen molar-refractivity contribution in [2.45, 2.75) is 19.0 Å². The first-order valence-electron chi connectivity index (χ1n) is 6.03. The number of hydrogen-bond acceptors (Lipinski definition) is 3. The lowest BCUT2D eigenvalue weighted by Gasteiger charge is -2.18. The normalized spacial score (nSPS) is 13.6. The number of hydrogen-bond donors (Lipinski definition) is 3. The van der Waals surface area contributed by atoms with Gasteiger partial charge in [0.2, 0.25) is 0 Å². The first-order valence-corrected chi connectivity index (χ1v) is 6.03. The molecule has 0 fully saturated rings. The van der Waals surface area contributed by atoms with E-state index in [-0.39, 0.29) is 6.04 Å². The number of methoxy groups -OCH3 is 1. The second kappa shape index (κ2) is 7.50. The molecular weight excluding hydrogens is 246 g/mol. The third-order valence-electron chi connectivity index (χ3n) is 2.64. The van der Waals surface area contributed by atoms with Crippen molar-refractivity contribution in [1.82, 2.24) is 5.32 Å². The van der Waals surface area contributed by atoms with Crippen molar-refractivity contribution >= 4 is 11.9 Å². The van der Waals surface area contributed by atoms with E-state index in [4.69, 9.17) is 10.5 Å². The number of rotatable bonds is 6. The fourth-order valence-electron chi connectivity index (χ4n) is 1.86. The first-order chi connectivity index (χ1) is 9.04. The lowest BCUT2D eigenvalue weighted by Crippen LogP contribution is -2.93. The number of urea groups is 1. The van der Waals surface area contributed by atoms with Crippen LogP contribution in [0.3, 0.4) is 0 Å². The molecule has 0 saturated heterocycles. The summed E-state index contributed by atoms with van der Waals surface area (Å²) in [7, 11) is 1.60. The zero-order chi connectivity index (χ0) is 14.3. The number of quaternary nitrogens is 1. The highest BCUT2D eigenvalue weighted by atomic mass is 16.5. The SMILES string of the molecule is COC[C@H](C)[NH2+][C@H](C(=O)NC(N)=O)c1ccccc1. The molecule has 1 aromatic carbocycles. The maximum Gasteiger partial charge on any atom is 0.319 e. The minimum absolute atomic E-state index is 0.0776. The summed E-state index contributed by atoms with van der Waals surface area (Å²) in [6, 6.07) is 7.92. The molecule has 0 spiro atoms. The summed E-state index contributed by atoms with van der Waals surface area (Å²) in [5.74, 6) is -0.429. The molecule has 0 bridgehead atoms. The molecule has 104 valence electrons. The van der Waals surface area contributed by atoms with Crippen LogP contribution in [0.15, 0.2) is 30.3 Å². The van der Waals surface area contributed by atoms with E-state index in [9.17, 15) is 9.59 Å². The number of carbonyl (C=O) groups excluding carboxylic acids is 2. The summed E-state index contributed by atoms with van der Waals surface area (Å²) in [5.41, 5.74) is 5.80. The zero-order valence-corrected chi connectivity index (χ0v) is 11.1. The van der Waals surface area contributed by atoms with Gasteiger partial charge in [-0.3, -0.25) is 10.1 Å². The molecule has 3 amide bonds. The summed E-state index contributed by atoms with van der Waals surface area (Å²) in [6.45, 7) is 2.45. The van der Waals surface area contributed by atoms with Crippen LogP contribution in [0.1, 0.15) is 18.5 Å². The third kappa shape index (κ3) is 5.07. The van der Waals surface area contributed by atoms with E-state index in [0.717, 1.165) is 5.56 Å². The number of imide groups is 1. The highest BCUT2D eigenvalue weighted by Gasteiger charge is 2.27. The van der Waals surface area contributed by atoms with Crippen LogP contribution in [-0.2, 0) is 9.53 Å². The van der Waals surface area contributed by atoms with Crippen LogP contribution in [0.2, 0.25) is 0 Å². The van der Waals surface area contributed by atoms with Crippen LogP contribution >= 0.6 is 0 Å². The van der Waals surface area contributed by atoms with E-state index in [1.54, 1.807) is 7.11 Å². The Kier molecular flexibility index (Phi) is 5.98. The van der Waals surface area contributed by atoms with Gasteiger partial charge in [0, 0.05) is 12.7 Å². The van der Waals surface area contributed by atoms with Gasteiger partial charge in [-0.05, 0) is 6.92 Å². The van der Waals surface area contributed by atoms with E-state index in [0.29, 0.717) is 6.61 Å². The Labute approximate surface area is 112 Å². The molecule has 0 unspecified atom stereocenters. The molecule has 19 heavy (non-hydrogen) atoms. The summed E-state index contributed by atoms with van der Waals surface area (Å²) in [4.78, 5) is 22.8. The van der Waals surface area contributed by atoms with Gasteiger partial charge in [0.15, 0.2) is 6.04 Å². The number of nitrogens with two attached hydrogens (primary N) is 2. The van der Waals surface area contributed by atoms with Crippen molar-refractivity contribution in [3.05, 3.63) is 35.9 Å². The van der Waals surface area contributed by atoms with Crippen molar-refractivity contribution in [3.63, 3.8) is 0 Å². The van der Waals surface area contributed by atoms with Crippen molar-refractivity contribution in [2.75, 3.05) is 13.7 Å². The quantitative estimate of drug-likeness (QED) is 0.648. The van der Waals surface area contributed by atoms with Gasteiger partial charge in [-0.2, -0.15) is 0 Å². The van der Waals surface area contributed by atoms with Crippen LogP contribution in [0.25, 0.3) is 0 Å². The van der Waals surface area contributed by atoms with Crippen molar-refractivity contribution < 1.29 is 19.6 Å². The number of amides is 3. The van der Waals surface area contributed by atoms with Gasteiger partial charge in [-0.25, -0.2) is 4.79 Å². The van der Waals surface area contributed by atoms with Gasteiger partial charge in [-0.15, -0.1) is 0 Å². The Morgan fingerprint density at radius 3 is 2.53 bits per heavy atom. The van der Waals surface area contributed by atoms with Crippen LogP contribution in [0.4, 0.5) is 4.79 Å². The Morgan fingerprint density at radius 1 is 1.37 bits per heavy atom. The number of primary amides is 1. The van der Waals surface area contributed by atoms with Crippen molar-refractivity contribution in [3.8, 4) is 0 Å². The predicted octanol–water partition coefficient (Wildman–Crippen LogP) is -0.479. The average molecular weight is 266 g/mol. The van der Waals surface area contributed by atoms with Crippen molar-refractivity contribution in [1.29, 1.82) is 0 Å². The smallest absolute Gasteiger partial charge is 0.319 e. The maximum atomic E-state index is 12.0. The average Bonchev–Trinajstić information content (AvgIpc) is 2.36. The molecule has 2 atom stereocenters. The first kappa shape index (κ1) is 15.1. The van der Waals surface area contributed by atoms with Gasteiger partial charge in [-0.1, -0.05) is 30.3 Å². The second-order valence-electron chi connectivity index (χ2n) is 4.37. The van der Waals surface area contributed by atoms with Crippen LogP contribution in [0.5, 0.6) is 0 Å². The molecular formula is C13H20N3O3+. The molecule has 0 aliphatic carbocycles. The van der Waals surface area contributed by atoms with Crippen LogP contribution < -0.4 is 16.4 Å². The zero-order valence-electron chi connectivity index (χ0n) is 11.1. The molecule has 0 aliphatic rings. The Hall–Kier alpha value is -1.92. The molecule has 0 radical (unpaired) electrons. The Balaban J connectivity index is 2.85. The molecule has 6 nitrogen and oxygen atoms in total. The number of benzene rings is 1. The highest BCUT2D eigenvalue weighted by Crippen LogP contribution is 2.08. The summed E-state index contributed by atoms with van der Waals surface area (Å²) in [5, 5.41) is 3.96. The molecule has 0 aliphatic heterocycles. The highest BCUT2D eigenvalue weighted by molar-refractivity contribution is 5.96. The molecule has 0 saturated carbocycles. The van der Waals surface area contributed by atoms with Gasteiger partial charge in [0.1, 0.15) is 6.04 Å². The monoisotopic (exact) mass is 266 g/mol. The minimum Gasteiger partial charge on any atom is -0.379 e. The van der Waals surface area contributed by atoms with E-state index >= 15 is 0 Å². The van der Waals surface area contributed by atoms with E-state index in [2.05, 4.69) is 5.32 Å². The number of ether oxygens (including phenoxy) is 1. The van der Waals surface area contributed by atoms with Gasteiger partial charge >= 0.3 is 6.03 Å². The predicted molar refractivity (Wildman–Crippen MR) is 70.2 cm³/mol.